The summed E-state index contributed by atoms with van der Waals surface area (Å²) in [6.07, 6.45) is 5.92. The molecule has 0 bridgehead atoms. The van der Waals surface area contributed by atoms with Crippen LogP contribution in [-0.4, -0.2) is 30.5 Å². The van der Waals surface area contributed by atoms with Gasteiger partial charge in [0.15, 0.2) is 0 Å². The zero-order valence-corrected chi connectivity index (χ0v) is 18.8. The summed E-state index contributed by atoms with van der Waals surface area (Å²) in [7, 11) is 0. The van der Waals surface area contributed by atoms with Gasteiger partial charge < -0.3 is 10.1 Å². The molecule has 0 saturated carbocycles. The second-order valence-corrected chi connectivity index (χ2v) is 7.72. The molecule has 5 heteroatoms. The summed E-state index contributed by atoms with van der Waals surface area (Å²) in [4.78, 5) is 17.3. The van der Waals surface area contributed by atoms with Gasteiger partial charge in [0.05, 0.1) is 17.9 Å². The van der Waals surface area contributed by atoms with E-state index in [9.17, 15) is 4.79 Å². The van der Waals surface area contributed by atoms with Crippen molar-refractivity contribution >= 4 is 23.4 Å². The van der Waals surface area contributed by atoms with Crippen molar-refractivity contribution in [2.45, 2.75) is 33.2 Å². The topological polar surface area (TPSA) is 74.5 Å². The second kappa shape index (κ2) is 10.5. The van der Waals surface area contributed by atoms with E-state index in [0.717, 1.165) is 28.0 Å². The lowest BCUT2D eigenvalue weighted by Crippen LogP contribution is -2.33. The Bertz CT molecular complexity index is 1110. The number of allylic oxidation sites excluding steroid dienone is 2. The Morgan fingerprint density at radius 3 is 2.59 bits per heavy atom. The molecule has 1 amide bonds. The molecular weight excluding hydrogens is 398 g/mol. The second-order valence-electron chi connectivity index (χ2n) is 7.72. The van der Waals surface area contributed by atoms with Crippen molar-refractivity contribution in [2.75, 3.05) is 6.61 Å². The number of nitrogens with one attached hydrogen (secondary N) is 2. The maximum absolute atomic E-state index is 13.0. The van der Waals surface area contributed by atoms with Gasteiger partial charge in [0, 0.05) is 35.5 Å². The van der Waals surface area contributed by atoms with E-state index in [2.05, 4.69) is 16.9 Å². The molecule has 0 spiro atoms. The highest BCUT2D eigenvalue weighted by molar-refractivity contribution is 6.37. The Morgan fingerprint density at radius 1 is 1.19 bits per heavy atom. The van der Waals surface area contributed by atoms with Gasteiger partial charge >= 0.3 is 0 Å². The number of hydrogen-bond acceptors (Lipinski definition) is 4. The zero-order chi connectivity index (χ0) is 23.1. The fourth-order valence-electron chi connectivity index (χ4n) is 3.60. The minimum atomic E-state index is -0.236. The van der Waals surface area contributed by atoms with E-state index in [4.69, 9.17) is 10.1 Å². The van der Waals surface area contributed by atoms with Crippen LogP contribution in [0.2, 0.25) is 0 Å². The van der Waals surface area contributed by atoms with Gasteiger partial charge in [0.2, 0.25) is 0 Å². The number of benzene rings is 2. The molecule has 3 rings (SSSR count). The van der Waals surface area contributed by atoms with Crippen LogP contribution in [0.15, 0.2) is 83.5 Å². The Balaban J connectivity index is 1.93. The predicted molar refractivity (Wildman–Crippen MR) is 132 cm³/mol. The third-order valence-corrected chi connectivity index (χ3v) is 5.04. The highest BCUT2D eigenvalue weighted by Gasteiger charge is 2.32. The standard InChI is InChI=1S/C27H29N3O2/c1-5-15-29-20(6-2)14-16-32-21-12-13-22-23(17-21)24(19-10-8-7-9-11-19)25(26(22)28)27(31)30-18(3)4/h5-13,15,17-18,28H,1,14,16H2,2-4H3,(H,30,31)/b20-6-,28-26?,29-15?. The molecule has 2 aromatic carbocycles. The molecule has 164 valence electrons. The molecule has 0 atom stereocenters. The Kier molecular flexibility index (Phi) is 7.55. The van der Waals surface area contributed by atoms with E-state index in [1.54, 1.807) is 12.3 Å². The van der Waals surface area contributed by atoms with Gasteiger partial charge in [0.25, 0.3) is 5.91 Å². The molecule has 0 heterocycles. The van der Waals surface area contributed by atoms with Gasteiger partial charge in [-0.3, -0.25) is 15.2 Å². The SMILES string of the molecule is C=CC=N/C(=C\C)CCOc1ccc2c(c1)C(c1ccccc1)=C(C(=O)NC(C)C)C2=N. The number of carbonyl (C=O) groups is 1. The van der Waals surface area contributed by atoms with Crippen LogP contribution in [0.1, 0.15) is 43.9 Å². The zero-order valence-electron chi connectivity index (χ0n) is 18.8. The number of aliphatic imine (C=N–C) groups is 1. The first-order valence-electron chi connectivity index (χ1n) is 10.7. The van der Waals surface area contributed by atoms with Crippen LogP contribution in [0.3, 0.4) is 0 Å². The maximum atomic E-state index is 13.0. The Labute approximate surface area is 189 Å². The lowest BCUT2D eigenvalue weighted by atomic mass is 9.97. The third-order valence-electron chi connectivity index (χ3n) is 5.04. The molecule has 2 aromatic rings. The number of rotatable bonds is 9. The van der Waals surface area contributed by atoms with Crippen LogP contribution >= 0.6 is 0 Å². The summed E-state index contributed by atoms with van der Waals surface area (Å²) >= 11 is 0. The van der Waals surface area contributed by atoms with E-state index in [0.29, 0.717) is 24.4 Å². The fraction of sp³-hybridized carbons (Fsp3) is 0.222. The minimum Gasteiger partial charge on any atom is -0.493 e. The number of amides is 1. The number of hydrogen-bond donors (Lipinski definition) is 2. The van der Waals surface area contributed by atoms with Crippen molar-refractivity contribution in [2.24, 2.45) is 4.99 Å². The van der Waals surface area contributed by atoms with Crippen LogP contribution in [0.5, 0.6) is 5.75 Å². The van der Waals surface area contributed by atoms with Crippen molar-refractivity contribution in [1.29, 1.82) is 5.41 Å². The van der Waals surface area contributed by atoms with E-state index >= 15 is 0 Å². The van der Waals surface area contributed by atoms with Crippen molar-refractivity contribution in [3.05, 3.63) is 95.2 Å². The number of nitrogens with zero attached hydrogens (tertiary/aromatic N) is 1. The van der Waals surface area contributed by atoms with Crippen LogP contribution in [0.25, 0.3) is 5.57 Å². The molecule has 0 unspecified atom stereocenters. The van der Waals surface area contributed by atoms with Crippen molar-refractivity contribution < 1.29 is 9.53 Å². The van der Waals surface area contributed by atoms with E-state index < -0.39 is 0 Å². The normalized spacial score (nSPS) is 13.6. The third kappa shape index (κ3) is 5.11. The first kappa shape index (κ1) is 22.9. The van der Waals surface area contributed by atoms with Gasteiger partial charge in [0.1, 0.15) is 5.75 Å². The van der Waals surface area contributed by atoms with Gasteiger partial charge in [-0.05, 0) is 50.1 Å². The van der Waals surface area contributed by atoms with Crippen LogP contribution < -0.4 is 10.1 Å². The van der Waals surface area contributed by atoms with Crippen LogP contribution in [0.4, 0.5) is 0 Å². The van der Waals surface area contributed by atoms with E-state index in [1.807, 2.05) is 75.4 Å². The molecule has 1 aliphatic rings. The van der Waals surface area contributed by atoms with E-state index in [1.165, 1.54) is 0 Å². The molecule has 1 aliphatic carbocycles. The molecule has 0 radical (unpaired) electrons. The number of fused-ring (bicyclic) bond motifs is 1. The van der Waals surface area contributed by atoms with Gasteiger partial charge in [-0.25, -0.2) is 0 Å². The summed E-state index contributed by atoms with van der Waals surface area (Å²) in [6, 6.07) is 15.3. The van der Waals surface area contributed by atoms with Crippen molar-refractivity contribution in [3.8, 4) is 5.75 Å². The van der Waals surface area contributed by atoms with Crippen molar-refractivity contribution in [3.63, 3.8) is 0 Å². The fourth-order valence-corrected chi connectivity index (χ4v) is 3.60. The summed E-state index contributed by atoms with van der Waals surface area (Å²) in [5.41, 5.74) is 4.78. The summed E-state index contributed by atoms with van der Waals surface area (Å²) in [6.45, 7) is 9.88. The highest BCUT2D eigenvalue weighted by Crippen LogP contribution is 2.39. The van der Waals surface area contributed by atoms with Gasteiger partial charge in [-0.15, -0.1) is 0 Å². The predicted octanol–water partition coefficient (Wildman–Crippen LogP) is 5.32. The highest BCUT2D eigenvalue weighted by atomic mass is 16.5. The molecule has 0 aromatic heterocycles. The van der Waals surface area contributed by atoms with E-state index in [-0.39, 0.29) is 17.7 Å². The average molecular weight is 428 g/mol. The molecular formula is C27H29N3O2. The first-order chi connectivity index (χ1) is 15.5. The molecule has 32 heavy (non-hydrogen) atoms. The molecule has 0 aliphatic heterocycles. The monoisotopic (exact) mass is 427 g/mol. The van der Waals surface area contributed by atoms with Crippen LogP contribution in [-0.2, 0) is 4.79 Å². The quantitative estimate of drug-likeness (QED) is 0.531. The molecule has 0 saturated heterocycles. The van der Waals surface area contributed by atoms with Crippen LogP contribution in [0, 0.1) is 5.41 Å². The summed E-state index contributed by atoms with van der Waals surface area (Å²) in [5, 5.41) is 11.6. The smallest absolute Gasteiger partial charge is 0.254 e. The van der Waals surface area contributed by atoms with Crippen molar-refractivity contribution in [1.82, 2.24) is 5.32 Å². The Hall–Kier alpha value is -3.73. The molecule has 2 N–H and O–H groups in total. The summed E-state index contributed by atoms with van der Waals surface area (Å²) in [5.74, 6) is 0.457. The maximum Gasteiger partial charge on any atom is 0.254 e. The Morgan fingerprint density at radius 2 is 1.94 bits per heavy atom. The van der Waals surface area contributed by atoms with Gasteiger partial charge in [-0.2, -0.15) is 0 Å². The minimum absolute atomic E-state index is 0.0213. The largest absolute Gasteiger partial charge is 0.493 e. The summed E-state index contributed by atoms with van der Waals surface area (Å²) < 4.78 is 5.99. The lowest BCUT2D eigenvalue weighted by Gasteiger charge is -2.12. The average Bonchev–Trinajstić information content (AvgIpc) is 3.08. The number of carbonyl (C=O) groups excluding carboxylic acids is 1. The van der Waals surface area contributed by atoms with Gasteiger partial charge in [-0.1, -0.05) is 49.1 Å². The number of ether oxygens (including phenoxy) is 1. The molecule has 0 fully saturated rings. The first-order valence-corrected chi connectivity index (χ1v) is 10.7. The lowest BCUT2D eigenvalue weighted by molar-refractivity contribution is -0.117. The molecule has 5 nitrogen and oxygen atoms in total.